The second kappa shape index (κ2) is 7.47. The number of likely N-dealkylation sites (tertiary alicyclic amines) is 1. The molecule has 5 nitrogen and oxygen atoms in total. The first-order valence-electron chi connectivity index (χ1n) is 8.82. The van der Waals surface area contributed by atoms with E-state index in [0.29, 0.717) is 18.4 Å². The van der Waals surface area contributed by atoms with Crippen molar-refractivity contribution in [2.75, 3.05) is 20.1 Å². The van der Waals surface area contributed by atoms with Gasteiger partial charge < -0.3 is 9.80 Å². The number of H-pyrrole nitrogens is 1. The van der Waals surface area contributed by atoms with Crippen LogP contribution < -0.4 is 0 Å². The van der Waals surface area contributed by atoms with Gasteiger partial charge in [0.05, 0.1) is 11.7 Å². The van der Waals surface area contributed by atoms with E-state index in [-0.39, 0.29) is 11.9 Å². The van der Waals surface area contributed by atoms with Crippen molar-refractivity contribution in [3.63, 3.8) is 0 Å². The Morgan fingerprint density at radius 2 is 1.91 bits per heavy atom. The van der Waals surface area contributed by atoms with Crippen molar-refractivity contribution >= 4 is 5.91 Å². The van der Waals surface area contributed by atoms with Gasteiger partial charge in [0, 0.05) is 30.8 Å². The molecular weight excluding hydrogens is 288 g/mol. The number of nitrogens with one attached hydrogen (secondary N) is 1. The van der Waals surface area contributed by atoms with E-state index < -0.39 is 0 Å². The minimum absolute atomic E-state index is 0.0667. The zero-order valence-corrected chi connectivity index (χ0v) is 15.5. The van der Waals surface area contributed by atoms with Gasteiger partial charge in [-0.15, -0.1) is 0 Å². The fourth-order valence-corrected chi connectivity index (χ4v) is 3.65. The summed E-state index contributed by atoms with van der Waals surface area (Å²) in [5.74, 6) is 0.777. The molecule has 1 aromatic heterocycles. The van der Waals surface area contributed by atoms with Gasteiger partial charge in [-0.3, -0.25) is 9.89 Å². The lowest BCUT2D eigenvalue weighted by molar-refractivity contribution is -0.133. The number of nitrogens with zero attached hydrogens (tertiary/aromatic N) is 3. The van der Waals surface area contributed by atoms with Gasteiger partial charge >= 0.3 is 0 Å². The van der Waals surface area contributed by atoms with E-state index in [4.69, 9.17) is 0 Å². The zero-order valence-electron chi connectivity index (χ0n) is 15.5. The van der Waals surface area contributed by atoms with Crippen molar-refractivity contribution in [2.24, 2.45) is 5.92 Å². The van der Waals surface area contributed by atoms with E-state index in [1.807, 2.05) is 25.8 Å². The van der Waals surface area contributed by atoms with E-state index >= 15 is 0 Å². The van der Waals surface area contributed by atoms with Crippen molar-refractivity contribution < 1.29 is 4.79 Å². The number of rotatable bonds is 5. The molecule has 0 radical (unpaired) electrons. The average molecular weight is 320 g/mol. The van der Waals surface area contributed by atoms with Crippen LogP contribution in [0.25, 0.3) is 0 Å². The maximum absolute atomic E-state index is 12.7. The van der Waals surface area contributed by atoms with Crippen LogP contribution in [-0.4, -0.2) is 52.1 Å². The minimum atomic E-state index is 0.0667. The summed E-state index contributed by atoms with van der Waals surface area (Å²) in [7, 11) is 1.92. The van der Waals surface area contributed by atoms with Crippen LogP contribution in [0, 0.1) is 19.8 Å². The molecule has 1 aromatic rings. The minimum Gasteiger partial charge on any atom is -0.339 e. The quantitative estimate of drug-likeness (QED) is 0.907. The molecule has 1 atom stereocenters. The highest BCUT2D eigenvalue weighted by Gasteiger charge is 2.27. The van der Waals surface area contributed by atoms with Gasteiger partial charge in [-0.25, -0.2) is 0 Å². The lowest BCUT2D eigenvalue weighted by Crippen LogP contribution is -2.40. The van der Waals surface area contributed by atoms with Crippen LogP contribution in [0.3, 0.4) is 0 Å². The van der Waals surface area contributed by atoms with Crippen LogP contribution in [0.1, 0.15) is 63.0 Å². The molecule has 2 rings (SSSR count). The number of hydrogen-bond donors (Lipinski definition) is 1. The largest absolute Gasteiger partial charge is 0.339 e. The molecule has 5 heteroatoms. The number of piperidine rings is 1. The third-order valence-corrected chi connectivity index (χ3v) is 5.42. The van der Waals surface area contributed by atoms with Crippen LogP contribution in [0.15, 0.2) is 0 Å². The predicted octanol–water partition coefficient (Wildman–Crippen LogP) is 3.06. The second-order valence-corrected chi connectivity index (χ2v) is 7.31. The molecule has 1 aliphatic heterocycles. The Hall–Kier alpha value is -1.36. The summed E-state index contributed by atoms with van der Waals surface area (Å²) in [5, 5.41) is 7.27. The van der Waals surface area contributed by atoms with E-state index in [9.17, 15) is 4.79 Å². The number of aromatic amines is 1. The van der Waals surface area contributed by atoms with Crippen LogP contribution >= 0.6 is 0 Å². The van der Waals surface area contributed by atoms with E-state index in [1.165, 1.54) is 0 Å². The topological polar surface area (TPSA) is 52.2 Å². The Kier molecular flexibility index (Phi) is 5.84. The number of aromatic nitrogens is 2. The molecule has 0 spiro atoms. The number of amides is 1. The smallest absolute Gasteiger partial charge is 0.223 e. The molecule has 1 N–H and O–H groups in total. The normalized spacial score (nSPS) is 18.4. The van der Waals surface area contributed by atoms with Crippen LogP contribution in [-0.2, 0) is 4.79 Å². The predicted molar refractivity (Wildman–Crippen MR) is 93.3 cm³/mol. The van der Waals surface area contributed by atoms with Crippen molar-refractivity contribution in [1.82, 2.24) is 20.0 Å². The summed E-state index contributed by atoms with van der Waals surface area (Å²) in [6, 6.07) is 0.679. The Morgan fingerprint density at radius 3 is 2.39 bits per heavy atom. The van der Waals surface area contributed by atoms with E-state index in [2.05, 4.69) is 35.9 Å². The van der Waals surface area contributed by atoms with Gasteiger partial charge in [-0.2, -0.15) is 5.10 Å². The van der Waals surface area contributed by atoms with Crippen LogP contribution in [0.4, 0.5) is 0 Å². The Labute approximate surface area is 140 Å². The second-order valence-electron chi connectivity index (χ2n) is 7.31. The van der Waals surface area contributed by atoms with Crippen molar-refractivity contribution in [2.45, 2.75) is 66.0 Å². The Bertz CT molecular complexity index is 510. The van der Waals surface area contributed by atoms with Gasteiger partial charge in [0.1, 0.15) is 0 Å². The van der Waals surface area contributed by atoms with Gasteiger partial charge in [0.2, 0.25) is 5.91 Å². The molecule has 1 saturated heterocycles. The molecule has 1 amide bonds. The molecule has 2 heterocycles. The highest BCUT2D eigenvalue weighted by molar-refractivity contribution is 5.76. The lowest BCUT2D eigenvalue weighted by atomic mass is 9.92. The molecule has 0 aliphatic carbocycles. The molecule has 130 valence electrons. The molecule has 1 unspecified atom stereocenters. The van der Waals surface area contributed by atoms with Crippen LogP contribution in [0.2, 0.25) is 0 Å². The highest BCUT2D eigenvalue weighted by Crippen LogP contribution is 2.27. The first kappa shape index (κ1) is 18.0. The maximum Gasteiger partial charge on any atom is 0.223 e. The number of aryl methyl sites for hydroxylation is 2. The first-order chi connectivity index (χ1) is 10.8. The van der Waals surface area contributed by atoms with Gasteiger partial charge in [0.15, 0.2) is 0 Å². The van der Waals surface area contributed by atoms with Gasteiger partial charge in [0.25, 0.3) is 0 Å². The highest BCUT2D eigenvalue weighted by atomic mass is 16.2. The van der Waals surface area contributed by atoms with Crippen molar-refractivity contribution in [3.8, 4) is 0 Å². The van der Waals surface area contributed by atoms with Gasteiger partial charge in [-0.1, -0.05) is 0 Å². The summed E-state index contributed by atoms with van der Waals surface area (Å²) < 4.78 is 0. The number of hydrogen-bond acceptors (Lipinski definition) is 3. The van der Waals surface area contributed by atoms with Crippen molar-refractivity contribution in [3.05, 3.63) is 17.0 Å². The molecular formula is C18H32N4O. The molecule has 0 bridgehead atoms. The third kappa shape index (κ3) is 4.14. The SMILES string of the molecule is Cc1n[nH]c(C)c1C(C)N(C)C(=O)CC1CCN(C(C)C)CC1. The van der Waals surface area contributed by atoms with Crippen LogP contribution in [0.5, 0.6) is 0 Å². The summed E-state index contributed by atoms with van der Waals surface area (Å²) in [5.41, 5.74) is 3.19. The molecule has 0 aromatic carbocycles. The molecule has 0 saturated carbocycles. The Morgan fingerprint density at radius 1 is 1.30 bits per heavy atom. The molecule has 1 fully saturated rings. The lowest BCUT2D eigenvalue weighted by Gasteiger charge is -2.35. The van der Waals surface area contributed by atoms with E-state index in [1.54, 1.807) is 0 Å². The monoisotopic (exact) mass is 320 g/mol. The maximum atomic E-state index is 12.7. The first-order valence-corrected chi connectivity index (χ1v) is 8.82. The van der Waals surface area contributed by atoms with Gasteiger partial charge in [-0.05, 0) is 66.5 Å². The Balaban J connectivity index is 1.91. The summed E-state index contributed by atoms with van der Waals surface area (Å²) in [4.78, 5) is 17.1. The van der Waals surface area contributed by atoms with Crippen molar-refractivity contribution in [1.29, 1.82) is 0 Å². The third-order valence-electron chi connectivity index (χ3n) is 5.42. The average Bonchev–Trinajstić information content (AvgIpc) is 2.85. The summed E-state index contributed by atoms with van der Waals surface area (Å²) >= 11 is 0. The fraction of sp³-hybridized carbons (Fsp3) is 0.778. The molecule has 1 aliphatic rings. The zero-order chi connectivity index (χ0) is 17.1. The van der Waals surface area contributed by atoms with E-state index in [0.717, 1.165) is 42.9 Å². The standard InChI is InChI=1S/C18H32N4O/c1-12(2)22-9-7-16(8-10-22)11-17(23)21(6)15(5)18-13(3)19-20-14(18)4/h12,15-16H,7-11H2,1-6H3,(H,19,20). The molecule has 23 heavy (non-hydrogen) atoms. The fourth-order valence-electron chi connectivity index (χ4n) is 3.65. The number of carbonyl (C=O) groups excluding carboxylic acids is 1. The summed E-state index contributed by atoms with van der Waals surface area (Å²) in [6.07, 6.45) is 2.94. The summed E-state index contributed by atoms with van der Waals surface area (Å²) in [6.45, 7) is 12.8. The number of carbonyl (C=O) groups is 1.